The van der Waals surface area contributed by atoms with Gasteiger partial charge in [0.1, 0.15) is 13.2 Å². The molecule has 0 saturated carbocycles. The maximum Gasteiger partial charge on any atom is 0.256 e. The Morgan fingerprint density at radius 2 is 1.77 bits per heavy atom. The summed E-state index contributed by atoms with van der Waals surface area (Å²) in [7, 11) is 0. The van der Waals surface area contributed by atoms with Gasteiger partial charge in [0, 0.05) is 50.9 Å². The van der Waals surface area contributed by atoms with Crippen LogP contribution in [0.15, 0.2) is 29.8 Å². The third-order valence-corrected chi connectivity index (χ3v) is 5.09. The first kappa shape index (κ1) is 16.9. The van der Waals surface area contributed by atoms with Crippen LogP contribution in [0.1, 0.15) is 6.92 Å². The molecule has 3 aliphatic heterocycles. The molecule has 26 heavy (non-hydrogen) atoms. The number of carbonyl (C=O) groups is 2. The summed E-state index contributed by atoms with van der Waals surface area (Å²) in [5.74, 6) is 1.29. The third kappa shape index (κ3) is 3.14. The molecule has 1 fully saturated rings. The minimum Gasteiger partial charge on any atom is -0.486 e. The van der Waals surface area contributed by atoms with E-state index >= 15 is 0 Å². The van der Waals surface area contributed by atoms with Crippen LogP contribution in [0.4, 0.5) is 5.69 Å². The summed E-state index contributed by atoms with van der Waals surface area (Å²) in [4.78, 5) is 29.7. The molecular formula is C19H23N3O4. The molecule has 0 aromatic heterocycles. The van der Waals surface area contributed by atoms with Crippen molar-refractivity contribution < 1.29 is 19.1 Å². The number of ether oxygens (including phenoxy) is 2. The largest absolute Gasteiger partial charge is 0.486 e. The van der Waals surface area contributed by atoms with Gasteiger partial charge in [-0.05, 0) is 19.1 Å². The first-order valence-corrected chi connectivity index (χ1v) is 9.03. The Labute approximate surface area is 152 Å². The number of rotatable bonds is 4. The average molecular weight is 357 g/mol. The highest BCUT2D eigenvalue weighted by molar-refractivity contribution is 6.15. The summed E-state index contributed by atoms with van der Waals surface area (Å²) in [6, 6.07) is 6.00. The fourth-order valence-corrected chi connectivity index (χ4v) is 3.61. The Hall–Kier alpha value is -2.54. The number of hydrogen-bond acceptors (Lipinski definition) is 6. The number of fused-ring (bicyclic) bond motifs is 1. The number of benzene rings is 1. The van der Waals surface area contributed by atoms with Crippen molar-refractivity contribution in [2.75, 3.05) is 57.4 Å². The second-order valence-corrected chi connectivity index (χ2v) is 6.75. The zero-order valence-corrected chi connectivity index (χ0v) is 14.9. The normalized spacial score (nSPS) is 20.6. The van der Waals surface area contributed by atoms with E-state index in [1.165, 1.54) is 11.0 Å². The standard InChI is InChI=1S/C19H23N3O4/c1-14-13-17(23)22(19(14)24)10-7-20-5-8-21(9-6-20)15-3-2-4-16-18(15)26-12-11-25-16/h2-4,13H,5-12H2,1H3. The van der Waals surface area contributed by atoms with Gasteiger partial charge in [-0.15, -0.1) is 0 Å². The van der Waals surface area contributed by atoms with E-state index < -0.39 is 0 Å². The van der Waals surface area contributed by atoms with Gasteiger partial charge >= 0.3 is 0 Å². The number of imide groups is 1. The zero-order chi connectivity index (χ0) is 18.1. The summed E-state index contributed by atoms with van der Waals surface area (Å²) in [6.45, 7) is 7.52. The van der Waals surface area contributed by atoms with Gasteiger partial charge in [-0.3, -0.25) is 19.4 Å². The maximum atomic E-state index is 11.9. The maximum absolute atomic E-state index is 11.9. The van der Waals surface area contributed by atoms with E-state index in [1.807, 2.05) is 12.1 Å². The van der Waals surface area contributed by atoms with Gasteiger partial charge in [0.15, 0.2) is 11.5 Å². The third-order valence-electron chi connectivity index (χ3n) is 5.09. The Morgan fingerprint density at radius 1 is 1.00 bits per heavy atom. The summed E-state index contributed by atoms with van der Waals surface area (Å²) in [5.41, 5.74) is 1.60. The van der Waals surface area contributed by atoms with Crippen molar-refractivity contribution in [3.8, 4) is 11.5 Å². The summed E-state index contributed by atoms with van der Waals surface area (Å²) >= 11 is 0. The Bertz CT molecular complexity index is 753. The van der Waals surface area contributed by atoms with Crippen molar-refractivity contribution in [2.45, 2.75) is 6.92 Å². The van der Waals surface area contributed by atoms with Gasteiger partial charge < -0.3 is 14.4 Å². The lowest BCUT2D eigenvalue weighted by Crippen LogP contribution is -2.49. The molecule has 0 atom stereocenters. The van der Waals surface area contributed by atoms with Crippen LogP contribution < -0.4 is 14.4 Å². The van der Waals surface area contributed by atoms with Crippen LogP contribution in [0.25, 0.3) is 0 Å². The van der Waals surface area contributed by atoms with Crippen molar-refractivity contribution in [3.05, 3.63) is 29.8 Å². The second-order valence-electron chi connectivity index (χ2n) is 6.75. The Morgan fingerprint density at radius 3 is 2.50 bits per heavy atom. The minimum absolute atomic E-state index is 0.165. The molecular weight excluding hydrogens is 334 g/mol. The predicted octanol–water partition coefficient (Wildman–Crippen LogP) is 0.895. The van der Waals surface area contributed by atoms with Gasteiger partial charge in [0.2, 0.25) is 0 Å². The fourth-order valence-electron chi connectivity index (χ4n) is 3.61. The zero-order valence-electron chi connectivity index (χ0n) is 14.9. The molecule has 138 valence electrons. The van der Waals surface area contributed by atoms with Crippen LogP contribution in [0.2, 0.25) is 0 Å². The van der Waals surface area contributed by atoms with Gasteiger partial charge in [-0.2, -0.15) is 0 Å². The lowest BCUT2D eigenvalue weighted by molar-refractivity contribution is -0.137. The van der Waals surface area contributed by atoms with Crippen molar-refractivity contribution in [3.63, 3.8) is 0 Å². The van der Waals surface area contributed by atoms with E-state index in [2.05, 4.69) is 15.9 Å². The van der Waals surface area contributed by atoms with Crippen molar-refractivity contribution in [1.82, 2.24) is 9.80 Å². The molecule has 1 saturated heterocycles. The molecule has 3 aliphatic rings. The molecule has 0 N–H and O–H groups in total. The average Bonchev–Trinajstić information content (AvgIpc) is 2.92. The van der Waals surface area contributed by atoms with Gasteiger partial charge in [0.25, 0.3) is 11.8 Å². The van der Waals surface area contributed by atoms with E-state index in [0.29, 0.717) is 31.9 Å². The van der Waals surface area contributed by atoms with Crippen molar-refractivity contribution >= 4 is 17.5 Å². The predicted molar refractivity (Wildman–Crippen MR) is 96.6 cm³/mol. The number of piperazine rings is 1. The van der Waals surface area contributed by atoms with E-state index in [4.69, 9.17) is 9.47 Å². The molecule has 4 rings (SSSR count). The molecule has 0 radical (unpaired) electrons. The van der Waals surface area contributed by atoms with Gasteiger partial charge in [-0.25, -0.2) is 0 Å². The quantitative estimate of drug-likeness (QED) is 0.746. The summed E-state index contributed by atoms with van der Waals surface area (Å²) in [5, 5.41) is 0. The molecule has 2 amide bonds. The number of amides is 2. The summed E-state index contributed by atoms with van der Waals surface area (Å²) < 4.78 is 11.5. The number of nitrogens with zero attached hydrogens (tertiary/aromatic N) is 3. The number of anilines is 1. The summed E-state index contributed by atoms with van der Waals surface area (Å²) in [6.07, 6.45) is 1.42. The minimum atomic E-state index is -0.195. The Balaban J connectivity index is 1.32. The van der Waals surface area contributed by atoms with Crippen molar-refractivity contribution in [1.29, 1.82) is 0 Å². The van der Waals surface area contributed by atoms with Gasteiger partial charge in [0.05, 0.1) is 5.69 Å². The molecule has 1 aromatic carbocycles. The number of hydrogen-bond donors (Lipinski definition) is 0. The van der Waals surface area contributed by atoms with Crippen LogP contribution in [0.3, 0.4) is 0 Å². The molecule has 7 heteroatoms. The SMILES string of the molecule is CC1=CC(=O)N(CCN2CCN(c3cccc4c3OCCO4)CC2)C1=O. The van der Waals surface area contributed by atoms with Crippen LogP contribution in [0.5, 0.6) is 11.5 Å². The molecule has 0 spiro atoms. The molecule has 7 nitrogen and oxygen atoms in total. The van der Waals surface area contributed by atoms with E-state index in [9.17, 15) is 9.59 Å². The number of carbonyl (C=O) groups excluding carboxylic acids is 2. The molecule has 0 aliphatic carbocycles. The van der Waals surface area contributed by atoms with Crippen molar-refractivity contribution in [2.24, 2.45) is 0 Å². The molecule has 0 bridgehead atoms. The van der Waals surface area contributed by atoms with E-state index in [-0.39, 0.29) is 11.8 Å². The molecule has 3 heterocycles. The highest BCUT2D eigenvalue weighted by Crippen LogP contribution is 2.39. The monoisotopic (exact) mass is 357 g/mol. The highest BCUT2D eigenvalue weighted by Gasteiger charge is 2.29. The van der Waals surface area contributed by atoms with E-state index in [1.54, 1.807) is 6.92 Å². The first-order valence-electron chi connectivity index (χ1n) is 9.03. The number of para-hydroxylation sites is 1. The van der Waals surface area contributed by atoms with Crippen LogP contribution >= 0.6 is 0 Å². The highest BCUT2D eigenvalue weighted by atomic mass is 16.6. The lowest BCUT2D eigenvalue weighted by Gasteiger charge is -2.37. The van der Waals surface area contributed by atoms with Gasteiger partial charge in [-0.1, -0.05) is 6.07 Å². The Kier molecular flexibility index (Phi) is 4.55. The molecule has 1 aromatic rings. The van der Waals surface area contributed by atoms with E-state index in [0.717, 1.165) is 43.4 Å². The molecule has 0 unspecified atom stereocenters. The first-order chi connectivity index (χ1) is 12.6. The smallest absolute Gasteiger partial charge is 0.256 e. The second kappa shape index (κ2) is 6.99. The van der Waals surface area contributed by atoms with Crippen LogP contribution in [-0.2, 0) is 9.59 Å². The van der Waals surface area contributed by atoms with Crippen LogP contribution in [-0.4, -0.2) is 74.1 Å². The fraction of sp³-hybridized carbons (Fsp3) is 0.474. The van der Waals surface area contributed by atoms with Crippen LogP contribution in [0, 0.1) is 0 Å². The topological polar surface area (TPSA) is 62.3 Å². The lowest BCUT2D eigenvalue weighted by atomic mass is 10.2.